The minimum absolute atomic E-state index is 0.0875. The van der Waals surface area contributed by atoms with Gasteiger partial charge in [-0.15, -0.1) is 0 Å². The smallest absolute Gasteiger partial charge is 0.272 e. The van der Waals surface area contributed by atoms with Crippen molar-refractivity contribution < 1.29 is 14.4 Å². The van der Waals surface area contributed by atoms with Gasteiger partial charge in [-0.1, -0.05) is 23.2 Å². The van der Waals surface area contributed by atoms with Crippen LogP contribution in [0.3, 0.4) is 0 Å². The number of nitrogens with zero attached hydrogens (tertiary/aromatic N) is 1. The van der Waals surface area contributed by atoms with Crippen molar-refractivity contribution in [1.82, 2.24) is 0 Å². The molecule has 1 aliphatic rings. The summed E-state index contributed by atoms with van der Waals surface area (Å²) >= 11 is 12.0. The maximum atomic E-state index is 10.7. The van der Waals surface area contributed by atoms with Crippen LogP contribution in [0.1, 0.15) is 13.3 Å². The van der Waals surface area contributed by atoms with E-state index in [4.69, 9.17) is 38.4 Å². The third kappa shape index (κ3) is 2.98. The van der Waals surface area contributed by atoms with Gasteiger partial charge in [-0.05, 0) is 6.92 Å². The Balaban J connectivity index is 2.16. The van der Waals surface area contributed by atoms with Crippen molar-refractivity contribution in [2.75, 3.05) is 6.61 Å². The van der Waals surface area contributed by atoms with Gasteiger partial charge in [0.25, 0.3) is 5.69 Å². The summed E-state index contributed by atoms with van der Waals surface area (Å²) in [6, 6.07) is 2.32. The molecule has 0 heterocycles. The molecule has 0 saturated heterocycles. The number of hydrogen-bond acceptors (Lipinski definition) is 5. The average molecular weight is 321 g/mol. The van der Waals surface area contributed by atoms with Gasteiger partial charge in [0.1, 0.15) is 12.2 Å². The number of hydrogen-bond donors (Lipinski definition) is 1. The molecule has 8 heteroatoms. The minimum Gasteiger partial charge on any atom is -0.484 e. The highest BCUT2D eigenvalue weighted by Gasteiger charge is 2.42. The van der Waals surface area contributed by atoms with Crippen molar-refractivity contribution in [2.24, 2.45) is 5.73 Å². The zero-order valence-corrected chi connectivity index (χ0v) is 12.2. The molecule has 3 unspecified atom stereocenters. The second kappa shape index (κ2) is 6.13. The molecule has 0 aliphatic heterocycles. The highest BCUT2D eigenvalue weighted by molar-refractivity contribution is 6.37. The standard InChI is InChI=1S/C12H14Cl2N2O4/c1-2-19-12-9(15)5-10(12)20-11-7(13)3-6(16(17)18)4-8(11)14/h3-4,9-10,12H,2,5,15H2,1H3. The second-order valence-electron chi connectivity index (χ2n) is 4.47. The Kier molecular flexibility index (Phi) is 4.70. The molecule has 1 fully saturated rings. The fourth-order valence-electron chi connectivity index (χ4n) is 2.07. The molecular weight excluding hydrogens is 307 g/mol. The zero-order valence-electron chi connectivity index (χ0n) is 10.7. The molecule has 0 amide bonds. The molecule has 0 spiro atoms. The lowest BCUT2D eigenvalue weighted by Gasteiger charge is -2.41. The summed E-state index contributed by atoms with van der Waals surface area (Å²) in [5.74, 6) is 0.223. The quantitative estimate of drug-likeness (QED) is 0.665. The summed E-state index contributed by atoms with van der Waals surface area (Å²) in [7, 11) is 0. The van der Waals surface area contributed by atoms with Crippen LogP contribution >= 0.6 is 23.2 Å². The topological polar surface area (TPSA) is 87.6 Å². The van der Waals surface area contributed by atoms with Gasteiger partial charge in [0, 0.05) is 31.2 Å². The number of rotatable bonds is 5. The maximum Gasteiger partial charge on any atom is 0.272 e. The molecule has 1 aliphatic carbocycles. The number of ether oxygens (including phenoxy) is 2. The summed E-state index contributed by atoms with van der Waals surface area (Å²) in [6.07, 6.45) is 0.151. The van der Waals surface area contributed by atoms with Crippen molar-refractivity contribution >= 4 is 28.9 Å². The van der Waals surface area contributed by atoms with E-state index in [1.807, 2.05) is 6.92 Å². The van der Waals surface area contributed by atoms with Crippen LogP contribution < -0.4 is 10.5 Å². The molecule has 2 N–H and O–H groups in total. The van der Waals surface area contributed by atoms with Crippen LogP contribution in [0.15, 0.2) is 12.1 Å². The van der Waals surface area contributed by atoms with Gasteiger partial charge < -0.3 is 15.2 Å². The fraction of sp³-hybridized carbons (Fsp3) is 0.500. The number of nitrogens with two attached hydrogens (primary N) is 1. The Morgan fingerprint density at radius 2 is 2.05 bits per heavy atom. The van der Waals surface area contributed by atoms with Gasteiger partial charge in [0.15, 0.2) is 5.75 Å². The van der Waals surface area contributed by atoms with E-state index in [0.29, 0.717) is 13.0 Å². The first kappa shape index (κ1) is 15.3. The lowest BCUT2D eigenvalue weighted by Crippen LogP contribution is -2.59. The normalized spacial score (nSPS) is 25.1. The van der Waals surface area contributed by atoms with Crippen LogP contribution in [-0.2, 0) is 4.74 Å². The molecule has 0 aromatic heterocycles. The molecule has 1 saturated carbocycles. The van der Waals surface area contributed by atoms with E-state index in [9.17, 15) is 10.1 Å². The van der Waals surface area contributed by atoms with Gasteiger partial charge in [0.2, 0.25) is 0 Å². The number of halogens is 2. The van der Waals surface area contributed by atoms with E-state index in [2.05, 4.69) is 0 Å². The van der Waals surface area contributed by atoms with Gasteiger partial charge >= 0.3 is 0 Å². The molecular formula is C12H14Cl2N2O4. The van der Waals surface area contributed by atoms with Crippen molar-refractivity contribution in [3.63, 3.8) is 0 Å². The molecule has 1 aromatic carbocycles. The first-order valence-corrected chi connectivity index (χ1v) is 6.87. The van der Waals surface area contributed by atoms with Crippen LogP contribution in [0.4, 0.5) is 5.69 Å². The summed E-state index contributed by atoms with van der Waals surface area (Å²) in [5.41, 5.74) is 5.65. The number of benzene rings is 1. The lowest BCUT2D eigenvalue weighted by atomic mass is 9.86. The Labute approximate surface area is 125 Å². The van der Waals surface area contributed by atoms with Gasteiger partial charge in [-0.2, -0.15) is 0 Å². The predicted molar refractivity (Wildman–Crippen MR) is 75.5 cm³/mol. The van der Waals surface area contributed by atoms with E-state index in [1.54, 1.807) is 0 Å². The molecule has 0 bridgehead atoms. The van der Waals surface area contributed by atoms with Crippen molar-refractivity contribution in [3.05, 3.63) is 32.3 Å². The van der Waals surface area contributed by atoms with E-state index < -0.39 is 4.92 Å². The van der Waals surface area contributed by atoms with E-state index in [1.165, 1.54) is 12.1 Å². The van der Waals surface area contributed by atoms with E-state index >= 15 is 0 Å². The van der Waals surface area contributed by atoms with Crippen molar-refractivity contribution in [2.45, 2.75) is 31.6 Å². The SMILES string of the molecule is CCOC1C(N)CC1Oc1c(Cl)cc([N+](=O)[O-])cc1Cl. The summed E-state index contributed by atoms with van der Waals surface area (Å²) in [5, 5.41) is 10.9. The van der Waals surface area contributed by atoms with Crippen LogP contribution in [0.5, 0.6) is 5.75 Å². The second-order valence-corrected chi connectivity index (χ2v) is 5.29. The molecule has 3 atom stereocenters. The van der Waals surface area contributed by atoms with Crippen LogP contribution in [-0.4, -0.2) is 29.8 Å². The molecule has 6 nitrogen and oxygen atoms in total. The highest BCUT2D eigenvalue weighted by atomic mass is 35.5. The zero-order chi connectivity index (χ0) is 14.9. The Bertz CT molecular complexity index is 503. The Morgan fingerprint density at radius 1 is 1.45 bits per heavy atom. The monoisotopic (exact) mass is 320 g/mol. The summed E-state index contributed by atoms with van der Waals surface area (Å²) in [4.78, 5) is 10.1. The summed E-state index contributed by atoms with van der Waals surface area (Å²) < 4.78 is 11.2. The largest absolute Gasteiger partial charge is 0.484 e. The first-order chi connectivity index (χ1) is 9.43. The summed E-state index contributed by atoms with van der Waals surface area (Å²) in [6.45, 7) is 2.40. The van der Waals surface area contributed by atoms with Crippen molar-refractivity contribution in [3.8, 4) is 5.75 Å². The van der Waals surface area contributed by atoms with Crippen molar-refractivity contribution in [1.29, 1.82) is 0 Å². The van der Waals surface area contributed by atoms with Gasteiger partial charge in [0.05, 0.1) is 15.0 Å². The lowest BCUT2D eigenvalue weighted by molar-refractivity contribution is -0.384. The number of non-ortho nitro benzene ring substituents is 1. The highest BCUT2D eigenvalue weighted by Crippen LogP contribution is 2.39. The number of nitro groups is 1. The average Bonchev–Trinajstić information content (AvgIpc) is 2.38. The fourth-order valence-corrected chi connectivity index (χ4v) is 2.64. The van der Waals surface area contributed by atoms with E-state index in [0.717, 1.165) is 0 Å². The van der Waals surface area contributed by atoms with E-state index in [-0.39, 0.29) is 39.7 Å². The van der Waals surface area contributed by atoms with Gasteiger partial charge in [-0.25, -0.2) is 0 Å². The van der Waals surface area contributed by atoms with Gasteiger partial charge in [-0.3, -0.25) is 10.1 Å². The molecule has 110 valence electrons. The van der Waals surface area contributed by atoms with Crippen LogP contribution in [0.2, 0.25) is 10.0 Å². The maximum absolute atomic E-state index is 10.7. The number of nitro benzene ring substituents is 1. The van der Waals surface area contributed by atoms with Crippen LogP contribution in [0, 0.1) is 10.1 Å². The Hall–Kier alpha value is -1.08. The third-order valence-electron chi connectivity index (χ3n) is 3.12. The Morgan fingerprint density at radius 3 is 2.50 bits per heavy atom. The third-order valence-corrected chi connectivity index (χ3v) is 3.68. The molecule has 2 rings (SSSR count). The molecule has 20 heavy (non-hydrogen) atoms. The molecule has 0 radical (unpaired) electrons. The molecule has 1 aromatic rings. The minimum atomic E-state index is -0.566. The predicted octanol–water partition coefficient (Wildman–Crippen LogP) is 2.79. The first-order valence-electron chi connectivity index (χ1n) is 6.11. The van der Waals surface area contributed by atoms with Crippen LogP contribution in [0.25, 0.3) is 0 Å².